The first-order valence-corrected chi connectivity index (χ1v) is 10.2. The number of nitrogens with one attached hydrogen (secondary N) is 1. The van der Waals surface area contributed by atoms with E-state index >= 15 is 0 Å². The number of amides is 2. The summed E-state index contributed by atoms with van der Waals surface area (Å²) in [5.41, 5.74) is 1.14. The van der Waals surface area contributed by atoms with E-state index in [1.165, 1.54) is 12.8 Å². The molecular weight excluding hydrogens is 312 g/mol. The van der Waals surface area contributed by atoms with Crippen LogP contribution in [0.2, 0.25) is 0 Å². The van der Waals surface area contributed by atoms with Gasteiger partial charge in [0.15, 0.2) is 9.84 Å². The second-order valence-electron chi connectivity index (χ2n) is 6.52. The molecule has 2 fully saturated rings. The molecule has 1 saturated carbocycles. The summed E-state index contributed by atoms with van der Waals surface area (Å²) in [6.45, 7) is 0.584. The summed E-state index contributed by atoms with van der Waals surface area (Å²) in [4.78, 5) is 14.2. The van der Waals surface area contributed by atoms with Crippen molar-refractivity contribution in [3.8, 4) is 0 Å². The Morgan fingerprint density at radius 3 is 2.30 bits per heavy atom. The van der Waals surface area contributed by atoms with Gasteiger partial charge < -0.3 is 10.2 Å². The molecule has 0 spiro atoms. The molecule has 1 atom stereocenters. The summed E-state index contributed by atoms with van der Waals surface area (Å²) in [5, 5.41) is 3.16. The van der Waals surface area contributed by atoms with Crippen molar-refractivity contribution in [2.75, 3.05) is 24.6 Å². The highest BCUT2D eigenvalue weighted by Gasteiger charge is 2.31. The number of hydrogen-bond acceptors (Lipinski definition) is 3. The molecule has 23 heavy (non-hydrogen) atoms. The molecule has 1 unspecified atom stereocenters. The van der Waals surface area contributed by atoms with Gasteiger partial charge in [0, 0.05) is 13.1 Å². The normalized spacial score (nSPS) is 22.7. The van der Waals surface area contributed by atoms with Gasteiger partial charge in [0.1, 0.15) is 0 Å². The SMILES string of the molecule is O=C(NC(c1ccccc1)C1CCCC1)N1CCS(=O)(=O)CC1. The summed E-state index contributed by atoms with van der Waals surface area (Å²) >= 11 is 0. The molecule has 0 aromatic heterocycles. The molecule has 1 aromatic rings. The monoisotopic (exact) mass is 336 g/mol. The molecule has 1 aliphatic carbocycles. The Bertz CT molecular complexity index is 625. The lowest BCUT2D eigenvalue weighted by molar-refractivity contribution is 0.192. The zero-order valence-electron chi connectivity index (χ0n) is 13.3. The topological polar surface area (TPSA) is 66.5 Å². The van der Waals surface area contributed by atoms with E-state index in [1.807, 2.05) is 18.2 Å². The van der Waals surface area contributed by atoms with E-state index < -0.39 is 9.84 Å². The van der Waals surface area contributed by atoms with Crippen molar-refractivity contribution in [1.29, 1.82) is 0 Å². The minimum atomic E-state index is -2.97. The molecular formula is C17H24N2O3S. The van der Waals surface area contributed by atoms with Crippen LogP contribution in [0.5, 0.6) is 0 Å². The summed E-state index contributed by atoms with van der Waals surface area (Å²) in [6, 6.07) is 9.97. The first-order chi connectivity index (χ1) is 11.1. The second-order valence-corrected chi connectivity index (χ2v) is 8.82. The van der Waals surface area contributed by atoms with E-state index in [2.05, 4.69) is 17.4 Å². The quantitative estimate of drug-likeness (QED) is 0.921. The van der Waals surface area contributed by atoms with Crippen molar-refractivity contribution in [3.05, 3.63) is 35.9 Å². The highest BCUT2D eigenvalue weighted by molar-refractivity contribution is 7.91. The lowest BCUT2D eigenvalue weighted by Crippen LogP contribution is -2.49. The van der Waals surface area contributed by atoms with Gasteiger partial charge in [-0.15, -0.1) is 0 Å². The first kappa shape index (κ1) is 16.3. The summed E-state index contributed by atoms with van der Waals surface area (Å²) in [7, 11) is -2.97. The fraction of sp³-hybridized carbons (Fsp3) is 0.588. The number of hydrogen-bond donors (Lipinski definition) is 1. The van der Waals surface area contributed by atoms with Gasteiger partial charge in [0.05, 0.1) is 17.5 Å². The Hall–Kier alpha value is -1.56. The maximum Gasteiger partial charge on any atom is 0.317 e. The lowest BCUT2D eigenvalue weighted by atomic mass is 9.92. The zero-order chi connectivity index (χ0) is 16.3. The van der Waals surface area contributed by atoms with E-state index in [1.54, 1.807) is 4.90 Å². The molecule has 1 heterocycles. The third kappa shape index (κ3) is 4.05. The van der Waals surface area contributed by atoms with Crippen LogP contribution in [0, 0.1) is 5.92 Å². The van der Waals surface area contributed by atoms with Crippen LogP contribution < -0.4 is 5.32 Å². The van der Waals surface area contributed by atoms with Crippen molar-refractivity contribution in [2.45, 2.75) is 31.7 Å². The van der Waals surface area contributed by atoms with Gasteiger partial charge in [-0.05, 0) is 24.3 Å². The van der Waals surface area contributed by atoms with Crippen LogP contribution in [-0.4, -0.2) is 43.9 Å². The van der Waals surface area contributed by atoms with Crippen molar-refractivity contribution in [3.63, 3.8) is 0 Å². The Morgan fingerprint density at radius 1 is 1.09 bits per heavy atom. The smallest absolute Gasteiger partial charge is 0.317 e. The van der Waals surface area contributed by atoms with Crippen LogP contribution >= 0.6 is 0 Å². The van der Waals surface area contributed by atoms with Crippen LogP contribution in [0.3, 0.4) is 0 Å². The highest BCUT2D eigenvalue weighted by atomic mass is 32.2. The Kier molecular flexibility index (Phi) is 4.90. The van der Waals surface area contributed by atoms with Crippen molar-refractivity contribution in [2.24, 2.45) is 5.92 Å². The molecule has 6 heteroatoms. The molecule has 1 N–H and O–H groups in total. The molecule has 1 aromatic carbocycles. The van der Waals surface area contributed by atoms with Crippen LogP contribution in [0.25, 0.3) is 0 Å². The third-order valence-electron chi connectivity index (χ3n) is 4.94. The van der Waals surface area contributed by atoms with Crippen molar-refractivity contribution in [1.82, 2.24) is 10.2 Å². The third-order valence-corrected chi connectivity index (χ3v) is 6.55. The maximum atomic E-state index is 12.6. The lowest BCUT2D eigenvalue weighted by Gasteiger charge is -2.31. The predicted octanol–water partition coefficient (Wildman–Crippen LogP) is 2.36. The van der Waals surface area contributed by atoms with Gasteiger partial charge in [0.25, 0.3) is 0 Å². The second kappa shape index (κ2) is 6.91. The number of carbonyl (C=O) groups excluding carboxylic acids is 1. The number of carbonyl (C=O) groups is 1. The van der Waals surface area contributed by atoms with E-state index in [0.29, 0.717) is 19.0 Å². The predicted molar refractivity (Wildman–Crippen MR) is 89.9 cm³/mol. The van der Waals surface area contributed by atoms with Gasteiger partial charge in [-0.25, -0.2) is 13.2 Å². The molecule has 0 radical (unpaired) electrons. The van der Waals surface area contributed by atoms with E-state index in [4.69, 9.17) is 0 Å². The Morgan fingerprint density at radius 2 is 1.70 bits per heavy atom. The van der Waals surface area contributed by atoms with Gasteiger partial charge in [-0.1, -0.05) is 43.2 Å². The first-order valence-electron chi connectivity index (χ1n) is 8.36. The molecule has 0 bridgehead atoms. The van der Waals surface area contributed by atoms with Crippen LogP contribution in [0.4, 0.5) is 4.79 Å². The average molecular weight is 336 g/mol. The zero-order valence-corrected chi connectivity index (χ0v) is 14.1. The number of urea groups is 1. The largest absolute Gasteiger partial charge is 0.331 e. The van der Waals surface area contributed by atoms with E-state index in [-0.39, 0.29) is 23.6 Å². The van der Waals surface area contributed by atoms with Crippen LogP contribution in [0.1, 0.15) is 37.3 Å². The molecule has 2 amide bonds. The highest BCUT2D eigenvalue weighted by Crippen LogP contribution is 2.35. The van der Waals surface area contributed by atoms with Crippen LogP contribution in [-0.2, 0) is 9.84 Å². The number of nitrogens with zero attached hydrogens (tertiary/aromatic N) is 1. The molecule has 126 valence electrons. The summed E-state index contributed by atoms with van der Waals surface area (Å²) in [5.74, 6) is 0.606. The molecule has 1 saturated heterocycles. The number of benzene rings is 1. The number of rotatable bonds is 3. The fourth-order valence-corrected chi connectivity index (χ4v) is 4.77. The number of sulfone groups is 1. The molecule has 3 rings (SSSR count). The van der Waals surface area contributed by atoms with E-state index in [0.717, 1.165) is 18.4 Å². The van der Waals surface area contributed by atoms with E-state index in [9.17, 15) is 13.2 Å². The minimum Gasteiger partial charge on any atom is -0.331 e. The van der Waals surface area contributed by atoms with Gasteiger partial charge in [0.2, 0.25) is 0 Å². The molecule has 2 aliphatic rings. The Balaban J connectivity index is 1.70. The minimum absolute atomic E-state index is 0.0183. The van der Waals surface area contributed by atoms with Crippen LogP contribution in [0.15, 0.2) is 30.3 Å². The maximum absolute atomic E-state index is 12.6. The molecule has 5 nitrogen and oxygen atoms in total. The van der Waals surface area contributed by atoms with Crippen molar-refractivity contribution >= 4 is 15.9 Å². The van der Waals surface area contributed by atoms with Gasteiger partial charge in [-0.2, -0.15) is 0 Å². The molecule has 1 aliphatic heterocycles. The van der Waals surface area contributed by atoms with Gasteiger partial charge >= 0.3 is 6.03 Å². The average Bonchev–Trinajstić information content (AvgIpc) is 3.07. The fourth-order valence-electron chi connectivity index (χ4n) is 3.56. The summed E-state index contributed by atoms with van der Waals surface area (Å²) in [6.07, 6.45) is 4.69. The standard InChI is InChI=1S/C17H24N2O3S/c20-17(19-10-12-23(21,22)13-11-19)18-16(15-8-4-5-9-15)14-6-2-1-3-7-14/h1-3,6-7,15-16H,4-5,8-13H2,(H,18,20). The van der Waals surface area contributed by atoms with Crippen molar-refractivity contribution < 1.29 is 13.2 Å². The Labute approximate surface area is 138 Å². The summed E-state index contributed by atoms with van der Waals surface area (Å²) < 4.78 is 23.0. The van der Waals surface area contributed by atoms with Gasteiger partial charge in [-0.3, -0.25) is 0 Å².